The van der Waals surface area contributed by atoms with E-state index in [1.807, 2.05) is 30.5 Å². The summed E-state index contributed by atoms with van der Waals surface area (Å²) in [5.41, 5.74) is 8.67. The van der Waals surface area contributed by atoms with Crippen LogP contribution in [0.4, 0.5) is 0 Å². The Labute approximate surface area is 109 Å². The van der Waals surface area contributed by atoms with Crippen LogP contribution in [0.1, 0.15) is 24.6 Å². The van der Waals surface area contributed by atoms with Crippen molar-refractivity contribution in [3.63, 3.8) is 0 Å². The molecule has 18 heavy (non-hydrogen) atoms. The van der Waals surface area contributed by atoms with Crippen molar-refractivity contribution >= 4 is 0 Å². The molecule has 2 N–H and O–H groups in total. The normalized spacial score (nSPS) is 14.1. The Bertz CT molecular complexity index is 423. The number of hydrogen-bond acceptors (Lipinski definition) is 2. The largest absolute Gasteiger partial charge is 0.324 e. The summed E-state index contributed by atoms with van der Waals surface area (Å²) in [7, 11) is 0. The molecule has 94 valence electrons. The van der Waals surface area contributed by atoms with E-state index in [0.29, 0.717) is 0 Å². The van der Waals surface area contributed by atoms with E-state index in [9.17, 15) is 0 Å². The molecule has 2 rings (SSSR count). The number of aromatic nitrogens is 1. The number of rotatable bonds is 5. The molecule has 0 radical (unpaired) electrons. The maximum absolute atomic E-state index is 6.52. The van der Waals surface area contributed by atoms with Crippen LogP contribution in [0.15, 0.2) is 54.7 Å². The molecule has 2 heteroatoms. The second-order valence-corrected chi connectivity index (χ2v) is 4.88. The lowest BCUT2D eigenvalue weighted by molar-refractivity contribution is 0.400. The number of pyridine rings is 1. The molecule has 0 bridgehead atoms. The maximum atomic E-state index is 6.52. The second-order valence-electron chi connectivity index (χ2n) is 4.88. The fourth-order valence-corrected chi connectivity index (χ4v) is 2.18. The summed E-state index contributed by atoms with van der Waals surface area (Å²) in [6, 6.07) is 16.4. The van der Waals surface area contributed by atoms with Crippen molar-refractivity contribution in [2.45, 2.75) is 31.7 Å². The minimum absolute atomic E-state index is 0.213. The Kier molecular flexibility index (Phi) is 4.11. The summed E-state index contributed by atoms with van der Waals surface area (Å²) in [6.07, 6.45) is 4.48. The van der Waals surface area contributed by atoms with E-state index in [-0.39, 0.29) is 5.54 Å². The molecule has 1 atom stereocenters. The zero-order chi connectivity index (χ0) is 12.8. The van der Waals surface area contributed by atoms with Crippen molar-refractivity contribution in [3.05, 3.63) is 66.0 Å². The van der Waals surface area contributed by atoms with Gasteiger partial charge in [0.1, 0.15) is 0 Å². The highest BCUT2D eigenvalue weighted by atomic mass is 14.8. The van der Waals surface area contributed by atoms with Gasteiger partial charge in [0.25, 0.3) is 0 Å². The van der Waals surface area contributed by atoms with Crippen LogP contribution in [-0.2, 0) is 12.8 Å². The van der Waals surface area contributed by atoms with Gasteiger partial charge in [-0.1, -0.05) is 43.3 Å². The van der Waals surface area contributed by atoms with Crippen LogP contribution in [0.25, 0.3) is 0 Å². The van der Waals surface area contributed by atoms with Crippen LogP contribution in [0.5, 0.6) is 0 Å². The minimum atomic E-state index is -0.213. The quantitative estimate of drug-likeness (QED) is 0.872. The van der Waals surface area contributed by atoms with Gasteiger partial charge < -0.3 is 5.73 Å². The van der Waals surface area contributed by atoms with Crippen molar-refractivity contribution in [1.29, 1.82) is 0 Å². The smallest absolute Gasteiger partial charge is 0.0422 e. The van der Waals surface area contributed by atoms with Gasteiger partial charge >= 0.3 is 0 Å². The van der Waals surface area contributed by atoms with Crippen LogP contribution in [0, 0.1) is 0 Å². The van der Waals surface area contributed by atoms with Gasteiger partial charge in [0, 0.05) is 23.9 Å². The first-order chi connectivity index (χ1) is 8.72. The van der Waals surface area contributed by atoms with Crippen molar-refractivity contribution < 1.29 is 0 Å². The zero-order valence-corrected chi connectivity index (χ0v) is 10.8. The van der Waals surface area contributed by atoms with Crippen LogP contribution in [-0.4, -0.2) is 10.5 Å². The summed E-state index contributed by atoms with van der Waals surface area (Å²) in [5.74, 6) is 0. The summed E-state index contributed by atoms with van der Waals surface area (Å²) < 4.78 is 0. The van der Waals surface area contributed by atoms with E-state index in [4.69, 9.17) is 5.73 Å². The molecular weight excluding hydrogens is 220 g/mol. The standard InChI is InChI=1S/C16H20N2/c1-2-16(17,12-14-8-4-3-5-9-14)13-15-10-6-7-11-18-15/h3-11H,2,12-13,17H2,1H3. The van der Waals surface area contributed by atoms with Gasteiger partial charge in [0.2, 0.25) is 0 Å². The van der Waals surface area contributed by atoms with Crippen molar-refractivity contribution in [1.82, 2.24) is 4.98 Å². The fourth-order valence-electron chi connectivity index (χ4n) is 2.18. The number of nitrogens with two attached hydrogens (primary N) is 1. The molecule has 0 aliphatic carbocycles. The predicted octanol–water partition coefficient (Wildman–Crippen LogP) is 2.97. The average molecular weight is 240 g/mol. The highest BCUT2D eigenvalue weighted by Crippen LogP contribution is 2.19. The van der Waals surface area contributed by atoms with Crippen molar-refractivity contribution in [2.75, 3.05) is 0 Å². The fraction of sp³-hybridized carbons (Fsp3) is 0.312. The lowest BCUT2D eigenvalue weighted by Crippen LogP contribution is -2.43. The third-order valence-corrected chi connectivity index (χ3v) is 3.36. The molecule has 0 saturated carbocycles. The topological polar surface area (TPSA) is 38.9 Å². The second kappa shape index (κ2) is 5.78. The first kappa shape index (κ1) is 12.8. The summed E-state index contributed by atoms with van der Waals surface area (Å²) in [5, 5.41) is 0. The van der Waals surface area contributed by atoms with Gasteiger partial charge in [-0.3, -0.25) is 4.98 Å². The molecule has 0 saturated heterocycles. The van der Waals surface area contributed by atoms with E-state index in [1.54, 1.807) is 0 Å². The molecular formula is C16H20N2. The third-order valence-electron chi connectivity index (χ3n) is 3.36. The van der Waals surface area contributed by atoms with Gasteiger partial charge in [0.15, 0.2) is 0 Å². The molecule has 1 unspecified atom stereocenters. The first-order valence-electron chi connectivity index (χ1n) is 6.44. The Hall–Kier alpha value is -1.67. The highest BCUT2D eigenvalue weighted by Gasteiger charge is 2.24. The monoisotopic (exact) mass is 240 g/mol. The van der Waals surface area contributed by atoms with Gasteiger partial charge in [-0.25, -0.2) is 0 Å². The molecule has 0 aliphatic heterocycles. The SMILES string of the molecule is CCC(N)(Cc1ccccc1)Cc1ccccn1. The van der Waals surface area contributed by atoms with E-state index in [2.05, 4.69) is 36.2 Å². The Balaban J connectivity index is 2.11. The van der Waals surface area contributed by atoms with Crippen molar-refractivity contribution in [3.8, 4) is 0 Å². The molecule has 1 aromatic carbocycles. The number of hydrogen-bond donors (Lipinski definition) is 1. The van der Waals surface area contributed by atoms with Crippen LogP contribution < -0.4 is 5.73 Å². The maximum Gasteiger partial charge on any atom is 0.0422 e. The minimum Gasteiger partial charge on any atom is -0.324 e. The van der Waals surface area contributed by atoms with E-state index >= 15 is 0 Å². The lowest BCUT2D eigenvalue weighted by Gasteiger charge is -2.28. The average Bonchev–Trinajstić information content (AvgIpc) is 2.41. The molecule has 0 amide bonds. The molecule has 0 fully saturated rings. The molecule has 0 spiro atoms. The Morgan fingerprint density at radius 3 is 2.33 bits per heavy atom. The van der Waals surface area contributed by atoms with E-state index in [0.717, 1.165) is 25.0 Å². The van der Waals surface area contributed by atoms with E-state index in [1.165, 1.54) is 5.56 Å². The van der Waals surface area contributed by atoms with Gasteiger partial charge in [-0.05, 0) is 30.5 Å². The van der Waals surface area contributed by atoms with Gasteiger partial charge in [-0.15, -0.1) is 0 Å². The lowest BCUT2D eigenvalue weighted by atomic mass is 9.85. The third kappa shape index (κ3) is 3.41. The first-order valence-corrected chi connectivity index (χ1v) is 6.44. The van der Waals surface area contributed by atoms with E-state index < -0.39 is 0 Å². The molecule has 0 aliphatic rings. The molecule has 2 aromatic rings. The van der Waals surface area contributed by atoms with Crippen molar-refractivity contribution in [2.24, 2.45) is 5.73 Å². The zero-order valence-electron chi connectivity index (χ0n) is 10.8. The van der Waals surface area contributed by atoms with Gasteiger partial charge in [0.05, 0.1) is 0 Å². The van der Waals surface area contributed by atoms with Gasteiger partial charge in [-0.2, -0.15) is 0 Å². The van der Waals surface area contributed by atoms with Crippen LogP contribution in [0.3, 0.4) is 0 Å². The number of nitrogens with zero attached hydrogens (tertiary/aromatic N) is 1. The summed E-state index contributed by atoms with van der Waals surface area (Å²) in [4.78, 5) is 4.37. The summed E-state index contributed by atoms with van der Waals surface area (Å²) >= 11 is 0. The predicted molar refractivity (Wildman–Crippen MR) is 75.3 cm³/mol. The molecule has 2 nitrogen and oxygen atoms in total. The Morgan fingerprint density at radius 2 is 1.72 bits per heavy atom. The highest BCUT2D eigenvalue weighted by molar-refractivity contribution is 5.19. The summed E-state index contributed by atoms with van der Waals surface area (Å²) in [6.45, 7) is 2.14. The number of benzene rings is 1. The molecule has 1 heterocycles. The van der Waals surface area contributed by atoms with Crippen LogP contribution in [0.2, 0.25) is 0 Å². The van der Waals surface area contributed by atoms with Crippen LogP contribution >= 0.6 is 0 Å². The molecule has 1 aromatic heterocycles. The Morgan fingerprint density at radius 1 is 1.00 bits per heavy atom.